The maximum atomic E-state index is 5.46. The van der Waals surface area contributed by atoms with Crippen molar-refractivity contribution in [1.82, 2.24) is 9.55 Å². The number of allylic oxidation sites excluding steroid dienone is 2. The van der Waals surface area contributed by atoms with Crippen LogP contribution < -0.4 is 0 Å². The smallest absolute Gasteiger partial charge is 0.145 e. The van der Waals surface area contributed by atoms with Gasteiger partial charge >= 0.3 is 0 Å². The van der Waals surface area contributed by atoms with Crippen molar-refractivity contribution in [2.45, 2.75) is 18.9 Å². The first-order valence-corrected chi connectivity index (χ1v) is 12.4. The zero-order chi connectivity index (χ0) is 24.1. The Morgan fingerprint density at radius 1 is 0.694 bits per heavy atom. The highest BCUT2D eigenvalue weighted by Gasteiger charge is 2.38. The van der Waals surface area contributed by atoms with Gasteiger partial charge in [-0.2, -0.15) is 0 Å². The van der Waals surface area contributed by atoms with E-state index in [1.165, 1.54) is 27.8 Å². The molecule has 1 unspecified atom stereocenters. The van der Waals surface area contributed by atoms with Crippen molar-refractivity contribution in [2.75, 3.05) is 0 Å². The van der Waals surface area contributed by atoms with Crippen LogP contribution in [-0.2, 0) is 0 Å². The van der Waals surface area contributed by atoms with Gasteiger partial charge in [-0.25, -0.2) is 4.98 Å². The molecule has 0 bridgehead atoms. The van der Waals surface area contributed by atoms with E-state index >= 15 is 0 Å². The summed E-state index contributed by atoms with van der Waals surface area (Å²) in [5.41, 5.74) is 8.72. The van der Waals surface area contributed by atoms with Gasteiger partial charge in [-0.3, -0.25) is 9.56 Å². The average molecular weight is 464 g/mol. The predicted octanol–water partition coefficient (Wildman–Crippen LogP) is 7.78. The summed E-state index contributed by atoms with van der Waals surface area (Å²) in [5, 5.41) is 0. The standard InChI is InChI=1S/C33H25N3/c1-33-19-11-10-16-28(33)32-34-29-17-8-9-18-30(29)36(32)31(35-33)27-21-25(23-12-4-2-5-13-23)20-26(22-27)24-14-6-3-7-15-24/h2-18,20-22H,19H2,1H3. The molecule has 1 aliphatic heterocycles. The van der Waals surface area contributed by atoms with E-state index < -0.39 is 0 Å². The molecular formula is C33H25N3. The van der Waals surface area contributed by atoms with Gasteiger partial charge in [0.15, 0.2) is 0 Å². The number of para-hydroxylation sites is 2. The summed E-state index contributed by atoms with van der Waals surface area (Å²) in [6, 6.07) is 36.4. The van der Waals surface area contributed by atoms with E-state index in [1.54, 1.807) is 0 Å². The second-order valence-electron chi connectivity index (χ2n) is 9.71. The number of rotatable bonds is 3. The third-order valence-electron chi connectivity index (χ3n) is 7.27. The van der Waals surface area contributed by atoms with Crippen molar-refractivity contribution in [2.24, 2.45) is 4.99 Å². The number of hydrogen-bond acceptors (Lipinski definition) is 2. The van der Waals surface area contributed by atoms with Gasteiger partial charge in [0.25, 0.3) is 0 Å². The van der Waals surface area contributed by atoms with Crippen molar-refractivity contribution in [3.05, 3.63) is 133 Å². The molecule has 4 aromatic carbocycles. The van der Waals surface area contributed by atoms with Crippen LogP contribution in [0.25, 0.3) is 38.9 Å². The molecule has 7 rings (SSSR count). The first kappa shape index (κ1) is 20.8. The zero-order valence-electron chi connectivity index (χ0n) is 20.1. The number of aliphatic imine (C=N–C) groups is 1. The second-order valence-corrected chi connectivity index (χ2v) is 9.71. The monoisotopic (exact) mass is 463 g/mol. The Morgan fingerprint density at radius 2 is 1.31 bits per heavy atom. The van der Waals surface area contributed by atoms with Crippen LogP contribution in [0.5, 0.6) is 0 Å². The van der Waals surface area contributed by atoms with Gasteiger partial charge in [-0.1, -0.05) is 91.0 Å². The van der Waals surface area contributed by atoms with E-state index in [0.717, 1.165) is 34.7 Å². The molecule has 0 saturated heterocycles. The molecule has 1 atom stereocenters. The Labute approximate surface area is 210 Å². The summed E-state index contributed by atoms with van der Waals surface area (Å²) in [6.45, 7) is 2.23. The number of fused-ring (bicyclic) bond motifs is 5. The van der Waals surface area contributed by atoms with Crippen molar-refractivity contribution in [3.8, 4) is 22.3 Å². The molecule has 1 aliphatic carbocycles. The van der Waals surface area contributed by atoms with E-state index in [-0.39, 0.29) is 5.54 Å². The van der Waals surface area contributed by atoms with Gasteiger partial charge in [0.2, 0.25) is 0 Å². The summed E-state index contributed by atoms with van der Waals surface area (Å²) < 4.78 is 2.25. The van der Waals surface area contributed by atoms with Crippen LogP contribution in [0.15, 0.2) is 126 Å². The van der Waals surface area contributed by atoms with Crippen molar-refractivity contribution in [1.29, 1.82) is 0 Å². The number of aromatic nitrogens is 2. The minimum absolute atomic E-state index is 0.350. The number of benzene rings is 4. The van der Waals surface area contributed by atoms with Crippen LogP contribution in [0.1, 0.15) is 24.7 Å². The fourth-order valence-electron chi connectivity index (χ4n) is 5.42. The lowest BCUT2D eigenvalue weighted by molar-refractivity contribution is 0.594. The fourth-order valence-corrected chi connectivity index (χ4v) is 5.42. The van der Waals surface area contributed by atoms with Crippen LogP contribution >= 0.6 is 0 Å². The molecule has 0 amide bonds. The van der Waals surface area contributed by atoms with E-state index in [4.69, 9.17) is 9.98 Å². The first-order chi connectivity index (χ1) is 17.7. The summed E-state index contributed by atoms with van der Waals surface area (Å²) >= 11 is 0. The molecule has 0 N–H and O–H groups in total. The van der Waals surface area contributed by atoms with Crippen molar-refractivity contribution in [3.63, 3.8) is 0 Å². The number of nitrogens with zero attached hydrogens (tertiary/aromatic N) is 3. The van der Waals surface area contributed by atoms with Crippen molar-refractivity contribution < 1.29 is 0 Å². The summed E-state index contributed by atoms with van der Waals surface area (Å²) in [6.07, 6.45) is 7.37. The lowest BCUT2D eigenvalue weighted by Crippen LogP contribution is -2.35. The number of hydrogen-bond donors (Lipinski definition) is 0. The first-order valence-electron chi connectivity index (χ1n) is 12.4. The quantitative estimate of drug-likeness (QED) is 0.269. The van der Waals surface area contributed by atoms with Crippen LogP contribution in [0.3, 0.4) is 0 Å². The van der Waals surface area contributed by atoms with Gasteiger partial charge in [-0.05, 0) is 65.9 Å². The maximum absolute atomic E-state index is 5.46. The molecule has 172 valence electrons. The van der Waals surface area contributed by atoms with Gasteiger partial charge in [0, 0.05) is 11.1 Å². The van der Waals surface area contributed by atoms with Gasteiger partial charge < -0.3 is 0 Å². The molecule has 3 nitrogen and oxygen atoms in total. The van der Waals surface area contributed by atoms with E-state index in [0.29, 0.717) is 0 Å². The van der Waals surface area contributed by atoms with Crippen LogP contribution in [0.2, 0.25) is 0 Å². The number of imidazole rings is 1. The van der Waals surface area contributed by atoms with Crippen LogP contribution in [0.4, 0.5) is 0 Å². The highest BCUT2D eigenvalue weighted by molar-refractivity contribution is 6.10. The van der Waals surface area contributed by atoms with Crippen LogP contribution in [-0.4, -0.2) is 20.9 Å². The van der Waals surface area contributed by atoms with Crippen molar-refractivity contribution >= 4 is 22.4 Å². The topological polar surface area (TPSA) is 30.2 Å². The summed E-state index contributed by atoms with van der Waals surface area (Å²) in [7, 11) is 0. The van der Waals surface area contributed by atoms with E-state index in [1.807, 2.05) is 0 Å². The SMILES string of the molecule is CC12CC=CC=C1c1nc3ccccc3n1C(c1cc(-c3ccccc3)cc(-c3ccccc3)c1)=N2. The third kappa shape index (κ3) is 3.28. The normalized spacial score (nSPS) is 18.4. The van der Waals surface area contributed by atoms with Gasteiger partial charge in [0.05, 0.1) is 16.6 Å². The summed E-state index contributed by atoms with van der Waals surface area (Å²) in [5.74, 6) is 1.93. The molecule has 2 aliphatic rings. The molecule has 1 aromatic heterocycles. The third-order valence-corrected chi connectivity index (χ3v) is 7.27. The van der Waals surface area contributed by atoms with Gasteiger partial charge in [0.1, 0.15) is 11.7 Å². The second kappa shape index (κ2) is 8.03. The minimum atomic E-state index is -0.350. The van der Waals surface area contributed by atoms with E-state index in [2.05, 4.69) is 133 Å². The predicted molar refractivity (Wildman–Crippen MR) is 149 cm³/mol. The average Bonchev–Trinajstić information content (AvgIpc) is 3.33. The lowest BCUT2D eigenvalue weighted by Gasteiger charge is -2.35. The minimum Gasteiger partial charge on any atom is -0.276 e. The molecule has 5 aromatic rings. The molecule has 0 radical (unpaired) electrons. The molecule has 3 heteroatoms. The maximum Gasteiger partial charge on any atom is 0.145 e. The lowest BCUT2D eigenvalue weighted by atomic mass is 9.83. The Balaban J connectivity index is 1.53. The molecule has 0 fully saturated rings. The Hall–Kier alpha value is -4.50. The largest absolute Gasteiger partial charge is 0.276 e. The Morgan fingerprint density at radius 3 is 2.00 bits per heavy atom. The highest BCUT2D eigenvalue weighted by atomic mass is 15.2. The Kier molecular flexibility index (Phi) is 4.65. The van der Waals surface area contributed by atoms with Crippen LogP contribution in [0, 0.1) is 0 Å². The Bertz CT molecular complexity index is 1650. The summed E-state index contributed by atoms with van der Waals surface area (Å²) in [4.78, 5) is 10.6. The highest BCUT2D eigenvalue weighted by Crippen LogP contribution is 2.42. The molecule has 0 spiro atoms. The molecule has 36 heavy (non-hydrogen) atoms. The fraction of sp³-hybridized carbons (Fsp3) is 0.0909. The van der Waals surface area contributed by atoms with E-state index in [9.17, 15) is 0 Å². The zero-order valence-corrected chi connectivity index (χ0v) is 20.1. The molecule has 0 saturated carbocycles. The van der Waals surface area contributed by atoms with Gasteiger partial charge in [-0.15, -0.1) is 0 Å². The molecular weight excluding hydrogens is 438 g/mol. The molecule has 2 heterocycles.